The van der Waals surface area contributed by atoms with Crippen LogP contribution in [0.4, 0.5) is 0 Å². The van der Waals surface area contributed by atoms with E-state index in [1.54, 1.807) is 0 Å². The van der Waals surface area contributed by atoms with Crippen molar-refractivity contribution in [1.29, 1.82) is 0 Å². The van der Waals surface area contributed by atoms with E-state index in [0.29, 0.717) is 12.1 Å². The lowest BCUT2D eigenvalue weighted by atomic mass is 9.94. The van der Waals surface area contributed by atoms with E-state index >= 15 is 0 Å². The molecular formula is C16H21ClN2. The van der Waals surface area contributed by atoms with Crippen LogP contribution >= 0.6 is 11.6 Å². The summed E-state index contributed by atoms with van der Waals surface area (Å²) >= 11 is 6.12. The molecule has 0 amide bonds. The highest BCUT2D eigenvalue weighted by atomic mass is 35.5. The molecule has 0 aromatic heterocycles. The molecule has 0 saturated carbocycles. The van der Waals surface area contributed by atoms with Crippen molar-refractivity contribution in [2.24, 2.45) is 5.73 Å². The van der Waals surface area contributed by atoms with Crippen LogP contribution in [0.25, 0.3) is 0 Å². The second kappa shape index (κ2) is 4.47. The summed E-state index contributed by atoms with van der Waals surface area (Å²) in [5, 5.41) is 0.878. The van der Waals surface area contributed by atoms with Gasteiger partial charge in [0.2, 0.25) is 0 Å². The zero-order chi connectivity index (χ0) is 13.0. The van der Waals surface area contributed by atoms with Gasteiger partial charge in [-0.3, -0.25) is 4.90 Å². The number of aryl methyl sites for hydroxylation is 1. The summed E-state index contributed by atoms with van der Waals surface area (Å²) < 4.78 is 0. The van der Waals surface area contributed by atoms with Crippen LogP contribution in [0.3, 0.4) is 0 Å². The van der Waals surface area contributed by atoms with Crippen molar-refractivity contribution in [3.05, 3.63) is 34.3 Å². The fraction of sp³-hybridized carbons (Fsp3) is 0.625. The molecule has 2 nitrogen and oxygen atoms in total. The second-order valence-corrected chi connectivity index (χ2v) is 6.90. The summed E-state index contributed by atoms with van der Waals surface area (Å²) in [5.41, 5.74) is 9.18. The molecule has 0 radical (unpaired) electrons. The van der Waals surface area contributed by atoms with Crippen LogP contribution in [0.2, 0.25) is 5.02 Å². The van der Waals surface area contributed by atoms with Crippen molar-refractivity contribution in [2.45, 2.75) is 62.7 Å². The van der Waals surface area contributed by atoms with Crippen molar-refractivity contribution in [2.75, 3.05) is 0 Å². The lowest BCUT2D eigenvalue weighted by molar-refractivity contribution is 0.0774. The van der Waals surface area contributed by atoms with E-state index in [1.807, 2.05) is 0 Å². The van der Waals surface area contributed by atoms with Gasteiger partial charge in [-0.25, -0.2) is 0 Å². The molecule has 1 aliphatic carbocycles. The largest absolute Gasteiger partial charge is 0.328 e. The molecule has 4 rings (SSSR count). The van der Waals surface area contributed by atoms with E-state index in [2.05, 4.69) is 23.1 Å². The highest BCUT2D eigenvalue weighted by Crippen LogP contribution is 2.46. The monoisotopic (exact) mass is 276 g/mol. The van der Waals surface area contributed by atoms with Crippen LogP contribution in [-0.2, 0) is 6.42 Å². The Morgan fingerprint density at radius 2 is 1.84 bits per heavy atom. The van der Waals surface area contributed by atoms with Crippen LogP contribution in [-0.4, -0.2) is 23.0 Å². The highest BCUT2D eigenvalue weighted by Gasteiger charge is 2.44. The summed E-state index contributed by atoms with van der Waals surface area (Å²) in [6.45, 7) is 0. The van der Waals surface area contributed by atoms with Gasteiger partial charge in [0.05, 0.1) is 0 Å². The predicted molar refractivity (Wildman–Crippen MR) is 78.4 cm³/mol. The third-order valence-electron chi connectivity index (χ3n) is 5.34. The van der Waals surface area contributed by atoms with Crippen molar-refractivity contribution < 1.29 is 0 Å². The molecular weight excluding hydrogens is 256 g/mol. The maximum absolute atomic E-state index is 6.19. The number of halogens is 1. The molecule has 2 bridgehead atoms. The first-order valence-corrected chi connectivity index (χ1v) is 7.91. The van der Waals surface area contributed by atoms with Gasteiger partial charge in [-0.1, -0.05) is 17.7 Å². The van der Waals surface area contributed by atoms with E-state index in [-0.39, 0.29) is 0 Å². The Hall–Kier alpha value is -0.570. The average Bonchev–Trinajstić information content (AvgIpc) is 2.88. The van der Waals surface area contributed by atoms with Gasteiger partial charge >= 0.3 is 0 Å². The number of nitrogens with two attached hydrogens (primary N) is 1. The maximum Gasteiger partial charge on any atom is 0.0408 e. The Labute approximate surface area is 119 Å². The number of rotatable bonds is 1. The molecule has 1 aromatic carbocycles. The van der Waals surface area contributed by atoms with Crippen molar-refractivity contribution in [1.82, 2.24) is 4.90 Å². The van der Waals surface area contributed by atoms with E-state index in [0.717, 1.165) is 17.1 Å². The van der Waals surface area contributed by atoms with Crippen LogP contribution < -0.4 is 5.73 Å². The van der Waals surface area contributed by atoms with Crippen LogP contribution in [0.5, 0.6) is 0 Å². The minimum absolute atomic E-state index is 0.430. The van der Waals surface area contributed by atoms with E-state index < -0.39 is 0 Å². The Kier molecular flexibility index (Phi) is 2.87. The maximum atomic E-state index is 6.19. The molecule has 3 atom stereocenters. The molecule has 2 aliphatic heterocycles. The van der Waals surface area contributed by atoms with Gasteiger partial charge in [0.15, 0.2) is 0 Å². The van der Waals surface area contributed by atoms with Gasteiger partial charge in [0.1, 0.15) is 0 Å². The number of fused-ring (bicyclic) bond motifs is 3. The lowest BCUT2D eigenvalue weighted by Gasteiger charge is -2.42. The molecule has 2 fully saturated rings. The Morgan fingerprint density at radius 3 is 2.58 bits per heavy atom. The second-order valence-electron chi connectivity index (χ2n) is 6.46. The summed E-state index contributed by atoms with van der Waals surface area (Å²) in [4.78, 5) is 2.79. The lowest BCUT2D eigenvalue weighted by Crippen LogP contribution is -2.48. The molecule has 3 aliphatic rings. The smallest absolute Gasteiger partial charge is 0.0408 e. The minimum Gasteiger partial charge on any atom is -0.328 e. The summed E-state index contributed by atoms with van der Waals surface area (Å²) in [6.07, 6.45) is 7.52. The first kappa shape index (κ1) is 12.2. The van der Waals surface area contributed by atoms with E-state index in [1.165, 1.54) is 49.7 Å². The molecule has 1 aromatic rings. The van der Waals surface area contributed by atoms with Crippen LogP contribution in [0, 0.1) is 0 Å². The number of benzene rings is 1. The van der Waals surface area contributed by atoms with Crippen molar-refractivity contribution in [3.8, 4) is 0 Å². The standard InChI is InChI=1S/C16H21ClN2/c17-11-2-5-15-10(7-11)1-6-16(15)19-13-3-4-14(19)9-12(18)8-13/h2,5,7,12-14,16H,1,3-4,6,8-9,18H2. The Bertz CT molecular complexity index is 488. The van der Waals surface area contributed by atoms with E-state index in [4.69, 9.17) is 17.3 Å². The highest BCUT2D eigenvalue weighted by molar-refractivity contribution is 6.30. The van der Waals surface area contributed by atoms with Crippen LogP contribution in [0.1, 0.15) is 49.3 Å². The minimum atomic E-state index is 0.430. The van der Waals surface area contributed by atoms with Crippen molar-refractivity contribution in [3.63, 3.8) is 0 Å². The van der Waals surface area contributed by atoms with Gasteiger partial charge in [-0.2, -0.15) is 0 Å². The fourth-order valence-corrected chi connectivity index (χ4v) is 4.83. The van der Waals surface area contributed by atoms with Gasteiger partial charge in [0.25, 0.3) is 0 Å². The third-order valence-corrected chi connectivity index (χ3v) is 5.57. The summed E-state index contributed by atoms with van der Waals surface area (Å²) in [7, 11) is 0. The quantitative estimate of drug-likeness (QED) is 0.853. The zero-order valence-electron chi connectivity index (χ0n) is 11.2. The molecule has 0 spiro atoms. The van der Waals surface area contributed by atoms with Gasteiger partial charge in [-0.15, -0.1) is 0 Å². The number of piperidine rings is 1. The number of hydrogen-bond acceptors (Lipinski definition) is 2. The van der Waals surface area contributed by atoms with Crippen molar-refractivity contribution >= 4 is 11.6 Å². The fourth-order valence-electron chi connectivity index (χ4n) is 4.64. The van der Waals surface area contributed by atoms with Crippen LogP contribution in [0.15, 0.2) is 18.2 Å². The number of hydrogen-bond donors (Lipinski definition) is 1. The summed E-state index contributed by atoms with van der Waals surface area (Å²) in [5.74, 6) is 0. The van der Waals surface area contributed by atoms with Gasteiger partial charge < -0.3 is 5.73 Å². The molecule has 2 heterocycles. The Balaban J connectivity index is 1.66. The molecule has 2 saturated heterocycles. The molecule has 2 N–H and O–H groups in total. The first-order valence-electron chi connectivity index (χ1n) is 7.53. The SMILES string of the molecule is NC1CC2CCC(C1)N2C1CCc2cc(Cl)ccc21. The van der Waals surface area contributed by atoms with Gasteiger partial charge in [-0.05, 0) is 61.8 Å². The number of nitrogens with zero attached hydrogens (tertiary/aromatic N) is 1. The first-order chi connectivity index (χ1) is 9.22. The van der Waals surface area contributed by atoms with E-state index in [9.17, 15) is 0 Å². The summed E-state index contributed by atoms with van der Waals surface area (Å²) in [6, 6.07) is 8.96. The molecule has 19 heavy (non-hydrogen) atoms. The topological polar surface area (TPSA) is 29.3 Å². The molecule has 3 heteroatoms. The van der Waals surface area contributed by atoms with Gasteiger partial charge in [0, 0.05) is 29.2 Å². The molecule has 3 unspecified atom stereocenters. The molecule has 102 valence electrons. The Morgan fingerprint density at radius 1 is 1.11 bits per heavy atom. The predicted octanol–water partition coefficient (Wildman–Crippen LogP) is 3.28. The normalized spacial score (nSPS) is 37.6. The zero-order valence-corrected chi connectivity index (χ0v) is 11.9. The third kappa shape index (κ3) is 1.93. The average molecular weight is 277 g/mol.